The van der Waals surface area contributed by atoms with E-state index < -0.39 is 33.2 Å². The van der Waals surface area contributed by atoms with Crippen LogP contribution < -0.4 is 9.47 Å². The van der Waals surface area contributed by atoms with Crippen LogP contribution in [-0.2, 0) is 21.4 Å². The molecule has 12 heteroatoms. The van der Waals surface area contributed by atoms with E-state index in [9.17, 15) is 23.3 Å². The summed E-state index contributed by atoms with van der Waals surface area (Å²) in [6.45, 7) is -0.423. The van der Waals surface area contributed by atoms with E-state index in [0.717, 1.165) is 16.4 Å². The van der Waals surface area contributed by atoms with Crippen LogP contribution in [0, 0.1) is 10.1 Å². The molecule has 0 saturated carbocycles. The predicted molar refractivity (Wildman–Crippen MR) is 94.9 cm³/mol. The summed E-state index contributed by atoms with van der Waals surface area (Å²) in [6.07, 6.45) is 0. The number of furan rings is 1. The van der Waals surface area contributed by atoms with Crippen LogP contribution in [0.15, 0.2) is 33.8 Å². The number of sulfonamides is 1. The maximum absolute atomic E-state index is 12.3. The van der Waals surface area contributed by atoms with Crippen molar-refractivity contribution < 1.29 is 36.8 Å². The molecule has 0 atom stereocenters. The van der Waals surface area contributed by atoms with Crippen LogP contribution in [-0.4, -0.2) is 51.9 Å². The average Bonchev–Trinajstić information content (AvgIpc) is 3.14. The molecular formula is C16H18N2O9S. The molecule has 0 fully saturated rings. The lowest BCUT2D eigenvalue weighted by atomic mass is 10.1. The number of rotatable bonds is 8. The van der Waals surface area contributed by atoms with Crippen molar-refractivity contribution in [2.24, 2.45) is 0 Å². The second-order valence-electron chi connectivity index (χ2n) is 5.57. The van der Waals surface area contributed by atoms with E-state index in [0.29, 0.717) is 0 Å². The molecule has 152 valence electrons. The molecular weight excluding hydrogens is 396 g/mol. The standard InChI is InChI=1S/C16H18N2O9S/c1-17(2)28(22,23)15-6-5-10(27-15)9-26-16(19)11-7-13(24-3)14(25-4)8-12(11)18(20)21/h5-8H,9H2,1-4H3. The van der Waals surface area contributed by atoms with Gasteiger partial charge in [-0.2, -0.15) is 0 Å². The van der Waals surface area contributed by atoms with Crippen LogP contribution in [0.4, 0.5) is 5.69 Å². The number of nitrogens with zero attached hydrogens (tertiary/aromatic N) is 2. The SMILES string of the molecule is COc1cc(C(=O)OCc2ccc(S(=O)(=O)N(C)C)o2)c([N+](=O)[O-])cc1OC. The number of ether oxygens (including phenoxy) is 3. The molecule has 0 N–H and O–H groups in total. The lowest BCUT2D eigenvalue weighted by Gasteiger charge is -2.10. The maximum Gasteiger partial charge on any atom is 0.345 e. The molecule has 0 aliphatic rings. The number of hydrogen-bond donors (Lipinski definition) is 0. The molecule has 0 spiro atoms. The Morgan fingerprint density at radius 3 is 2.32 bits per heavy atom. The van der Waals surface area contributed by atoms with Crippen molar-refractivity contribution >= 4 is 21.7 Å². The summed E-state index contributed by atoms with van der Waals surface area (Å²) in [5.74, 6) is -0.772. The summed E-state index contributed by atoms with van der Waals surface area (Å²) >= 11 is 0. The van der Waals surface area contributed by atoms with E-state index in [2.05, 4.69) is 0 Å². The fourth-order valence-electron chi connectivity index (χ4n) is 2.15. The van der Waals surface area contributed by atoms with Crippen molar-refractivity contribution in [2.45, 2.75) is 11.7 Å². The quantitative estimate of drug-likeness (QED) is 0.359. The van der Waals surface area contributed by atoms with Gasteiger partial charge in [-0.1, -0.05) is 0 Å². The summed E-state index contributed by atoms with van der Waals surface area (Å²) < 4.78 is 45.1. The molecule has 1 aromatic heterocycles. The molecule has 0 unspecified atom stereocenters. The molecule has 0 aliphatic carbocycles. The highest BCUT2D eigenvalue weighted by atomic mass is 32.2. The number of carbonyl (C=O) groups is 1. The Kier molecular flexibility index (Phi) is 6.26. The van der Waals surface area contributed by atoms with Gasteiger partial charge in [0.05, 0.1) is 25.2 Å². The minimum atomic E-state index is -3.78. The second-order valence-corrected chi connectivity index (χ2v) is 7.65. The zero-order chi connectivity index (χ0) is 21.1. The normalized spacial score (nSPS) is 11.3. The van der Waals surface area contributed by atoms with Crippen molar-refractivity contribution in [3.63, 3.8) is 0 Å². The van der Waals surface area contributed by atoms with E-state index >= 15 is 0 Å². The minimum Gasteiger partial charge on any atom is -0.493 e. The first-order valence-electron chi connectivity index (χ1n) is 7.70. The molecule has 1 heterocycles. The van der Waals surface area contributed by atoms with Gasteiger partial charge in [-0.25, -0.2) is 17.5 Å². The second kappa shape index (κ2) is 8.27. The summed E-state index contributed by atoms with van der Waals surface area (Å²) in [5.41, 5.74) is -0.881. The van der Waals surface area contributed by atoms with Crippen molar-refractivity contribution in [1.29, 1.82) is 0 Å². The van der Waals surface area contributed by atoms with E-state index in [4.69, 9.17) is 18.6 Å². The lowest BCUT2D eigenvalue weighted by Crippen LogP contribution is -2.21. The van der Waals surface area contributed by atoms with Crippen molar-refractivity contribution in [3.05, 3.63) is 45.7 Å². The van der Waals surface area contributed by atoms with E-state index in [-0.39, 0.29) is 27.9 Å². The number of nitro groups is 1. The van der Waals surface area contributed by atoms with Crippen LogP contribution in [0.1, 0.15) is 16.1 Å². The van der Waals surface area contributed by atoms with E-state index in [1.165, 1.54) is 40.4 Å². The first-order valence-corrected chi connectivity index (χ1v) is 9.14. The van der Waals surface area contributed by atoms with Gasteiger partial charge in [0.15, 0.2) is 11.5 Å². The molecule has 0 aliphatic heterocycles. The minimum absolute atomic E-state index is 0.0527. The molecule has 0 radical (unpaired) electrons. The summed E-state index contributed by atoms with van der Waals surface area (Å²) in [5, 5.41) is 10.9. The Morgan fingerprint density at radius 1 is 1.18 bits per heavy atom. The van der Waals surface area contributed by atoms with Gasteiger partial charge in [0.25, 0.3) is 15.7 Å². The molecule has 2 rings (SSSR count). The molecule has 0 amide bonds. The fourth-order valence-corrected chi connectivity index (χ4v) is 2.96. The van der Waals surface area contributed by atoms with Crippen LogP contribution in [0.25, 0.3) is 0 Å². The van der Waals surface area contributed by atoms with E-state index in [1.807, 2.05) is 0 Å². The Hall–Kier alpha value is -3.12. The summed E-state index contributed by atoms with van der Waals surface area (Å²) in [6, 6.07) is 4.72. The van der Waals surface area contributed by atoms with Gasteiger partial charge in [0, 0.05) is 20.2 Å². The van der Waals surface area contributed by atoms with Crippen LogP contribution in [0.5, 0.6) is 11.5 Å². The Morgan fingerprint density at radius 2 is 1.79 bits per heavy atom. The van der Waals surface area contributed by atoms with Crippen LogP contribution >= 0.6 is 0 Å². The van der Waals surface area contributed by atoms with E-state index in [1.54, 1.807) is 0 Å². The van der Waals surface area contributed by atoms with Gasteiger partial charge in [-0.05, 0) is 12.1 Å². The number of benzene rings is 1. The number of esters is 1. The molecule has 0 saturated heterocycles. The number of carbonyl (C=O) groups excluding carboxylic acids is 1. The number of nitro benzene ring substituents is 1. The third kappa shape index (κ3) is 4.23. The smallest absolute Gasteiger partial charge is 0.345 e. The van der Waals surface area contributed by atoms with Crippen molar-refractivity contribution in [3.8, 4) is 11.5 Å². The van der Waals surface area contributed by atoms with Gasteiger partial charge in [-0.15, -0.1) is 0 Å². The maximum atomic E-state index is 12.3. The summed E-state index contributed by atoms with van der Waals surface area (Å²) in [7, 11) is 1.52. The molecule has 11 nitrogen and oxygen atoms in total. The van der Waals surface area contributed by atoms with Gasteiger partial charge < -0.3 is 18.6 Å². The van der Waals surface area contributed by atoms with Crippen LogP contribution in [0.3, 0.4) is 0 Å². The molecule has 28 heavy (non-hydrogen) atoms. The molecule has 2 aromatic rings. The van der Waals surface area contributed by atoms with Gasteiger partial charge in [-0.3, -0.25) is 10.1 Å². The average molecular weight is 414 g/mol. The van der Waals surface area contributed by atoms with Crippen molar-refractivity contribution in [2.75, 3.05) is 28.3 Å². The highest BCUT2D eigenvalue weighted by molar-refractivity contribution is 7.88. The Bertz CT molecular complexity index is 996. The first-order chi connectivity index (χ1) is 13.1. The largest absolute Gasteiger partial charge is 0.493 e. The number of hydrogen-bond acceptors (Lipinski definition) is 9. The van der Waals surface area contributed by atoms with Crippen molar-refractivity contribution in [1.82, 2.24) is 4.31 Å². The molecule has 1 aromatic carbocycles. The fraction of sp³-hybridized carbons (Fsp3) is 0.312. The summed E-state index contributed by atoms with van der Waals surface area (Å²) in [4.78, 5) is 22.8. The van der Waals surface area contributed by atoms with Gasteiger partial charge >= 0.3 is 5.97 Å². The zero-order valence-corrected chi connectivity index (χ0v) is 16.3. The highest BCUT2D eigenvalue weighted by Gasteiger charge is 2.26. The predicted octanol–water partition coefficient (Wildman–Crippen LogP) is 1.81. The van der Waals surface area contributed by atoms with Gasteiger partial charge in [0.1, 0.15) is 17.9 Å². The third-order valence-electron chi connectivity index (χ3n) is 3.64. The third-order valence-corrected chi connectivity index (χ3v) is 5.33. The zero-order valence-electron chi connectivity index (χ0n) is 15.5. The topological polar surface area (TPSA) is 138 Å². The Labute approximate surface area is 160 Å². The first kappa shape index (κ1) is 21.2. The highest BCUT2D eigenvalue weighted by Crippen LogP contribution is 2.35. The monoisotopic (exact) mass is 414 g/mol. The molecule has 0 bridgehead atoms. The lowest BCUT2D eigenvalue weighted by molar-refractivity contribution is -0.385. The van der Waals surface area contributed by atoms with Gasteiger partial charge in [0.2, 0.25) is 5.09 Å². The van der Waals surface area contributed by atoms with Crippen LogP contribution in [0.2, 0.25) is 0 Å². The number of methoxy groups -OCH3 is 2. The Balaban J connectivity index is 2.24.